The highest BCUT2D eigenvalue weighted by molar-refractivity contribution is 6.01. The summed E-state index contributed by atoms with van der Waals surface area (Å²) >= 11 is 0. The Morgan fingerprint density at radius 1 is 0.895 bits per heavy atom. The summed E-state index contributed by atoms with van der Waals surface area (Å²) in [6, 6.07) is 3.37. The maximum absolute atomic E-state index is 13.4. The Bertz CT molecular complexity index is 1210. The summed E-state index contributed by atoms with van der Waals surface area (Å²) in [5.41, 5.74) is 0.688. The maximum Gasteiger partial charge on any atom is 0.254 e. The molecule has 13 heteroatoms. The van der Waals surface area contributed by atoms with Gasteiger partial charge in [-0.1, -0.05) is 0 Å². The van der Waals surface area contributed by atoms with Crippen LogP contribution in [0.15, 0.2) is 43.0 Å². The number of aromatic nitrogens is 2. The molecule has 0 unspecified atom stereocenters. The molecule has 0 radical (unpaired) electrons. The molecule has 2 saturated heterocycles. The Kier molecular flexibility index (Phi) is 8.58. The van der Waals surface area contributed by atoms with Crippen LogP contribution in [-0.2, 0) is 14.4 Å². The molecule has 4 heterocycles. The van der Waals surface area contributed by atoms with Crippen molar-refractivity contribution in [2.75, 3.05) is 31.7 Å². The second kappa shape index (κ2) is 12.2. The van der Waals surface area contributed by atoms with Gasteiger partial charge in [0.1, 0.15) is 18.8 Å². The van der Waals surface area contributed by atoms with Gasteiger partial charge >= 0.3 is 0 Å². The highest BCUT2D eigenvalue weighted by Crippen LogP contribution is 2.25. The van der Waals surface area contributed by atoms with Gasteiger partial charge in [-0.3, -0.25) is 33.9 Å². The number of likely N-dealkylation sites (tertiary alicyclic amines) is 2. The molecule has 2 aliphatic heterocycles. The number of anilines is 1. The number of amides is 5. The number of hydrogen-bond donors (Lipinski definition) is 4. The normalized spacial score (nSPS) is 18.7. The molecular weight excluding hydrogens is 494 g/mol. The molecular formula is C25H29N7O6. The first-order valence-corrected chi connectivity index (χ1v) is 12.3. The number of nitrogens with one attached hydrogen (secondary N) is 3. The lowest BCUT2D eigenvalue weighted by molar-refractivity contribution is -0.145. The van der Waals surface area contributed by atoms with Crippen LogP contribution in [0.2, 0.25) is 0 Å². The second-order valence-electron chi connectivity index (χ2n) is 8.97. The fourth-order valence-corrected chi connectivity index (χ4v) is 4.70. The maximum atomic E-state index is 13.4. The van der Waals surface area contributed by atoms with Crippen LogP contribution in [0.5, 0.6) is 0 Å². The van der Waals surface area contributed by atoms with E-state index in [4.69, 9.17) is 5.11 Å². The number of nitrogens with zero attached hydrogens (tertiary/aromatic N) is 4. The largest absolute Gasteiger partial charge is 0.376 e. The van der Waals surface area contributed by atoms with Gasteiger partial charge in [-0.05, 0) is 43.9 Å². The molecule has 5 amide bonds. The molecule has 0 bridgehead atoms. The molecule has 4 N–H and O–H groups in total. The van der Waals surface area contributed by atoms with Crippen LogP contribution in [0.1, 0.15) is 46.4 Å². The van der Waals surface area contributed by atoms with Crippen molar-refractivity contribution >= 4 is 35.2 Å². The first-order valence-electron chi connectivity index (χ1n) is 12.3. The molecule has 4 rings (SSSR count). The minimum atomic E-state index is -0.710. The van der Waals surface area contributed by atoms with Crippen molar-refractivity contribution < 1.29 is 29.1 Å². The van der Waals surface area contributed by atoms with E-state index < -0.39 is 36.5 Å². The van der Waals surface area contributed by atoms with Gasteiger partial charge in [0.2, 0.25) is 17.7 Å². The Morgan fingerprint density at radius 2 is 1.58 bits per heavy atom. The third kappa shape index (κ3) is 6.11. The van der Waals surface area contributed by atoms with Gasteiger partial charge in [-0.2, -0.15) is 0 Å². The van der Waals surface area contributed by atoms with Crippen molar-refractivity contribution in [2.45, 2.75) is 37.8 Å². The van der Waals surface area contributed by atoms with E-state index in [0.717, 1.165) is 0 Å². The zero-order valence-corrected chi connectivity index (χ0v) is 20.6. The Morgan fingerprint density at radius 3 is 2.26 bits per heavy atom. The lowest BCUT2D eigenvalue weighted by Gasteiger charge is -2.31. The number of aliphatic hydroxyl groups excluding tert-OH is 1. The molecule has 2 aromatic heterocycles. The minimum absolute atomic E-state index is 0.0666. The van der Waals surface area contributed by atoms with Gasteiger partial charge in [0.05, 0.1) is 29.6 Å². The first kappa shape index (κ1) is 26.7. The molecule has 200 valence electrons. The molecule has 13 nitrogen and oxygen atoms in total. The van der Waals surface area contributed by atoms with Crippen LogP contribution in [0, 0.1) is 0 Å². The number of carbonyl (C=O) groups is 5. The van der Waals surface area contributed by atoms with Crippen molar-refractivity contribution in [2.24, 2.45) is 0 Å². The third-order valence-corrected chi connectivity index (χ3v) is 6.53. The lowest BCUT2D eigenvalue weighted by atomic mass is 10.1. The highest BCUT2D eigenvalue weighted by atomic mass is 16.3. The summed E-state index contributed by atoms with van der Waals surface area (Å²) in [6.45, 7) is -0.121. The summed E-state index contributed by atoms with van der Waals surface area (Å²) in [6.07, 6.45) is 7.93. The van der Waals surface area contributed by atoms with E-state index in [2.05, 4.69) is 25.9 Å². The summed E-state index contributed by atoms with van der Waals surface area (Å²) in [4.78, 5) is 74.5. The van der Waals surface area contributed by atoms with Gasteiger partial charge in [0.15, 0.2) is 0 Å². The SMILES string of the molecule is O=C(NCO)c1cncc(C(=O)NCC(=O)N2CCC[C@H]2C(=O)N2CCC[C@H]2C(=O)Nc2cccnc2)c1. The van der Waals surface area contributed by atoms with Crippen molar-refractivity contribution in [1.82, 2.24) is 30.4 Å². The van der Waals surface area contributed by atoms with Gasteiger partial charge in [0, 0.05) is 31.7 Å². The van der Waals surface area contributed by atoms with Crippen LogP contribution < -0.4 is 16.0 Å². The van der Waals surface area contributed by atoms with E-state index in [1.807, 2.05) is 0 Å². The Hall–Kier alpha value is -4.39. The van der Waals surface area contributed by atoms with E-state index >= 15 is 0 Å². The van der Waals surface area contributed by atoms with Crippen LogP contribution >= 0.6 is 0 Å². The molecule has 38 heavy (non-hydrogen) atoms. The van der Waals surface area contributed by atoms with Crippen LogP contribution in [0.25, 0.3) is 0 Å². The average Bonchev–Trinajstić information content (AvgIpc) is 3.62. The van der Waals surface area contributed by atoms with E-state index in [1.165, 1.54) is 34.5 Å². The van der Waals surface area contributed by atoms with E-state index in [1.54, 1.807) is 18.3 Å². The standard InChI is InChI=1S/C25H29N7O6/c33-15-29-23(36)17-10-16(11-27-12-17)22(35)28-14-21(34)31-8-3-6-20(31)25(38)32-9-2-5-19(32)24(37)30-18-4-1-7-26-13-18/h1,4,7,10-13,19-20,33H,2-3,5-6,8-9,14-15H2,(H,28,35)(H,29,36)(H,30,37)/t19-,20-/m0/s1. The molecule has 2 aromatic rings. The average molecular weight is 524 g/mol. The monoisotopic (exact) mass is 523 g/mol. The molecule has 0 aromatic carbocycles. The number of carbonyl (C=O) groups excluding carboxylic acids is 5. The summed E-state index contributed by atoms with van der Waals surface area (Å²) < 4.78 is 0. The minimum Gasteiger partial charge on any atom is -0.376 e. The van der Waals surface area contributed by atoms with Gasteiger partial charge in [-0.15, -0.1) is 0 Å². The van der Waals surface area contributed by atoms with Crippen LogP contribution in [0.4, 0.5) is 5.69 Å². The Balaban J connectivity index is 1.35. The fourth-order valence-electron chi connectivity index (χ4n) is 4.70. The number of rotatable bonds is 8. The van der Waals surface area contributed by atoms with Gasteiger partial charge < -0.3 is 30.9 Å². The number of hydrogen-bond acceptors (Lipinski definition) is 8. The molecule has 2 fully saturated rings. The number of aliphatic hydroxyl groups is 1. The summed E-state index contributed by atoms with van der Waals surface area (Å²) in [7, 11) is 0. The van der Waals surface area contributed by atoms with E-state index in [-0.39, 0.29) is 29.5 Å². The molecule has 2 atom stereocenters. The zero-order valence-electron chi connectivity index (χ0n) is 20.6. The summed E-state index contributed by atoms with van der Waals surface area (Å²) in [5, 5.41) is 16.3. The quantitative estimate of drug-likeness (QED) is 0.335. The van der Waals surface area contributed by atoms with Crippen molar-refractivity contribution in [3.05, 3.63) is 54.1 Å². The number of pyridine rings is 2. The predicted octanol–water partition coefficient (Wildman–Crippen LogP) is -0.493. The topological polar surface area (TPSA) is 174 Å². The van der Waals surface area contributed by atoms with Gasteiger partial charge in [-0.25, -0.2) is 0 Å². The molecule has 2 aliphatic rings. The smallest absolute Gasteiger partial charge is 0.254 e. The Labute approximate surface area is 218 Å². The third-order valence-electron chi connectivity index (χ3n) is 6.53. The molecule has 0 spiro atoms. The first-order chi connectivity index (χ1) is 18.4. The van der Waals surface area contributed by atoms with Gasteiger partial charge in [0.25, 0.3) is 11.8 Å². The summed E-state index contributed by atoms with van der Waals surface area (Å²) in [5.74, 6) is -2.21. The van der Waals surface area contributed by atoms with Crippen LogP contribution in [0.3, 0.4) is 0 Å². The zero-order chi connectivity index (χ0) is 27.1. The second-order valence-corrected chi connectivity index (χ2v) is 8.97. The van der Waals surface area contributed by atoms with Crippen molar-refractivity contribution in [1.29, 1.82) is 0 Å². The highest BCUT2D eigenvalue weighted by Gasteiger charge is 2.42. The molecule has 0 saturated carbocycles. The lowest BCUT2D eigenvalue weighted by Crippen LogP contribution is -2.53. The van der Waals surface area contributed by atoms with E-state index in [9.17, 15) is 24.0 Å². The van der Waals surface area contributed by atoms with E-state index in [0.29, 0.717) is 44.5 Å². The van der Waals surface area contributed by atoms with Crippen molar-refractivity contribution in [3.63, 3.8) is 0 Å². The fraction of sp³-hybridized carbons (Fsp3) is 0.400. The predicted molar refractivity (Wildman–Crippen MR) is 133 cm³/mol. The van der Waals surface area contributed by atoms with Crippen LogP contribution in [-0.4, -0.2) is 92.9 Å². The molecule has 0 aliphatic carbocycles. The van der Waals surface area contributed by atoms with Crippen molar-refractivity contribution in [3.8, 4) is 0 Å².